The van der Waals surface area contributed by atoms with E-state index in [0.29, 0.717) is 5.56 Å². The Hall–Kier alpha value is -1.58. The van der Waals surface area contributed by atoms with E-state index in [0.717, 1.165) is 0 Å². The number of hydrogen-bond acceptors (Lipinski definition) is 3. The van der Waals surface area contributed by atoms with Crippen molar-refractivity contribution in [3.8, 4) is 0 Å². The van der Waals surface area contributed by atoms with Gasteiger partial charge in [-0.25, -0.2) is 0 Å². The normalized spacial score (nSPS) is 11.8. The maximum Gasteiger partial charge on any atom is 0.0847 e. The summed E-state index contributed by atoms with van der Waals surface area (Å²) in [6, 6.07) is 3.36. The van der Waals surface area contributed by atoms with Crippen molar-refractivity contribution in [3.63, 3.8) is 0 Å². The van der Waals surface area contributed by atoms with Crippen LogP contribution in [-0.2, 0) is 0 Å². The number of nitrogens with zero attached hydrogens (tertiary/aromatic N) is 4. The smallest absolute Gasteiger partial charge is 0.0847 e. The number of aliphatic hydroxyl groups is 1. The molecule has 0 aliphatic heterocycles. The first-order valence-electron chi connectivity index (χ1n) is 3.43. The van der Waals surface area contributed by atoms with Crippen LogP contribution in [0.2, 0.25) is 0 Å². The molecule has 1 heterocycles. The van der Waals surface area contributed by atoms with E-state index in [1.54, 1.807) is 24.5 Å². The lowest BCUT2D eigenvalue weighted by Crippen LogP contribution is -2.00. The van der Waals surface area contributed by atoms with Crippen molar-refractivity contribution in [2.75, 3.05) is 6.54 Å². The van der Waals surface area contributed by atoms with Crippen LogP contribution in [0.25, 0.3) is 10.4 Å². The summed E-state index contributed by atoms with van der Waals surface area (Å²) < 4.78 is 0. The summed E-state index contributed by atoms with van der Waals surface area (Å²) >= 11 is 0. The van der Waals surface area contributed by atoms with Gasteiger partial charge >= 0.3 is 0 Å². The zero-order valence-electron chi connectivity index (χ0n) is 6.33. The van der Waals surface area contributed by atoms with Crippen LogP contribution in [0.3, 0.4) is 0 Å². The second-order valence-corrected chi connectivity index (χ2v) is 2.21. The highest BCUT2D eigenvalue weighted by Gasteiger charge is 2.03. The minimum atomic E-state index is -0.733. The van der Waals surface area contributed by atoms with Crippen LogP contribution in [0.5, 0.6) is 0 Å². The van der Waals surface area contributed by atoms with Crippen LogP contribution in [0.1, 0.15) is 11.7 Å². The first-order chi connectivity index (χ1) is 5.84. The number of hydrogen-bond donors (Lipinski definition) is 1. The molecule has 0 saturated carbocycles. The Labute approximate surface area is 69.3 Å². The number of azide groups is 1. The molecule has 1 rings (SSSR count). The third-order valence-electron chi connectivity index (χ3n) is 1.41. The molecule has 62 valence electrons. The average Bonchev–Trinajstić information content (AvgIpc) is 2.15. The molecule has 1 aromatic rings. The largest absolute Gasteiger partial charge is 0.388 e. The van der Waals surface area contributed by atoms with Crippen LogP contribution in [0, 0.1) is 0 Å². The molecule has 0 aliphatic rings. The van der Waals surface area contributed by atoms with E-state index >= 15 is 0 Å². The Morgan fingerprint density at radius 2 is 2.25 bits per heavy atom. The van der Waals surface area contributed by atoms with E-state index in [2.05, 4.69) is 15.0 Å². The zero-order chi connectivity index (χ0) is 8.81. The Bertz CT molecular complexity index is 281. The molecule has 1 N–H and O–H groups in total. The van der Waals surface area contributed by atoms with E-state index in [-0.39, 0.29) is 6.54 Å². The molecule has 1 unspecified atom stereocenters. The molecule has 0 aliphatic carbocycles. The van der Waals surface area contributed by atoms with E-state index in [1.807, 2.05) is 0 Å². The van der Waals surface area contributed by atoms with Crippen molar-refractivity contribution in [2.45, 2.75) is 6.10 Å². The quantitative estimate of drug-likeness (QED) is 0.416. The molecule has 5 nitrogen and oxygen atoms in total. The third-order valence-corrected chi connectivity index (χ3v) is 1.41. The number of aliphatic hydroxyl groups excluding tert-OH is 1. The molecule has 5 heteroatoms. The standard InChI is InChI=1S/C7H8N4O/c8-11-10-5-7(12)6-1-3-9-4-2-6/h1-4,7,12H,5H2. The van der Waals surface area contributed by atoms with Crippen molar-refractivity contribution in [2.24, 2.45) is 5.11 Å². The first kappa shape index (κ1) is 8.52. The van der Waals surface area contributed by atoms with Gasteiger partial charge in [-0.15, -0.1) is 0 Å². The number of rotatable bonds is 3. The second-order valence-electron chi connectivity index (χ2n) is 2.21. The Kier molecular flexibility index (Phi) is 3.07. The minimum absolute atomic E-state index is 0.0561. The zero-order valence-corrected chi connectivity index (χ0v) is 6.33. The van der Waals surface area contributed by atoms with Crippen molar-refractivity contribution in [3.05, 3.63) is 40.5 Å². The minimum Gasteiger partial charge on any atom is -0.388 e. The van der Waals surface area contributed by atoms with Gasteiger partial charge in [-0.3, -0.25) is 4.98 Å². The Morgan fingerprint density at radius 3 is 2.83 bits per heavy atom. The molecule has 0 bridgehead atoms. The highest BCUT2D eigenvalue weighted by molar-refractivity contribution is 5.13. The van der Waals surface area contributed by atoms with Gasteiger partial charge in [0.2, 0.25) is 0 Å². The summed E-state index contributed by atoms with van der Waals surface area (Å²) in [5.41, 5.74) is 8.70. The summed E-state index contributed by atoms with van der Waals surface area (Å²) in [7, 11) is 0. The molecule has 1 aromatic heterocycles. The van der Waals surface area contributed by atoms with Crippen LogP contribution < -0.4 is 0 Å². The van der Waals surface area contributed by atoms with E-state index < -0.39 is 6.10 Å². The van der Waals surface area contributed by atoms with Gasteiger partial charge in [0.25, 0.3) is 0 Å². The summed E-state index contributed by atoms with van der Waals surface area (Å²) in [5.74, 6) is 0. The molecule has 0 amide bonds. The number of pyridine rings is 1. The lowest BCUT2D eigenvalue weighted by Gasteiger charge is -2.05. The topological polar surface area (TPSA) is 81.9 Å². The van der Waals surface area contributed by atoms with Gasteiger partial charge in [-0.1, -0.05) is 5.11 Å². The molecule has 0 saturated heterocycles. The highest BCUT2D eigenvalue weighted by Crippen LogP contribution is 2.10. The summed E-state index contributed by atoms with van der Waals surface area (Å²) in [6.45, 7) is 0.0561. The molecule has 0 spiro atoms. The Balaban J connectivity index is 2.65. The summed E-state index contributed by atoms with van der Waals surface area (Å²) in [5, 5.41) is 12.6. The fourth-order valence-electron chi connectivity index (χ4n) is 0.805. The fraction of sp³-hybridized carbons (Fsp3) is 0.286. The van der Waals surface area contributed by atoms with Crippen LogP contribution >= 0.6 is 0 Å². The SMILES string of the molecule is [N-]=[N+]=NCC(O)c1ccncc1. The molecule has 0 radical (unpaired) electrons. The first-order valence-corrected chi connectivity index (χ1v) is 3.43. The van der Waals surface area contributed by atoms with Gasteiger partial charge in [0.05, 0.1) is 12.6 Å². The van der Waals surface area contributed by atoms with Crippen molar-refractivity contribution in [1.82, 2.24) is 4.98 Å². The average molecular weight is 164 g/mol. The van der Waals surface area contributed by atoms with Crippen molar-refractivity contribution < 1.29 is 5.11 Å². The van der Waals surface area contributed by atoms with Gasteiger partial charge in [-0.05, 0) is 23.2 Å². The van der Waals surface area contributed by atoms with Gasteiger partial charge < -0.3 is 5.11 Å². The maximum absolute atomic E-state index is 9.36. The van der Waals surface area contributed by atoms with Gasteiger partial charge in [0, 0.05) is 17.3 Å². The lowest BCUT2D eigenvalue weighted by atomic mass is 10.1. The predicted molar refractivity (Wildman–Crippen MR) is 43.2 cm³/mol. The lowest BCUT2D eigenvalue weighted by molar-refractivity contribution is 0.186. The molecule has 1 atom stereocenters. The van der Waals surface area contributed by atoms with Gasteiger partial charge in [-0.2, -0.15) is 0 Å². The third kappa shape index (κ3) is 2.23. The summed E-state index contributed by atoms with van der Waals surface area (Å²) in [4.78, 5) is 6.34. The van der Waals surface area contributed by atoms with E-state index in [9.17, 15) is 5.11 Å². The van der Waals surface area contributed by atoms with E-state index in [4.69, 9.17) is 5.53 Å². The van der Waals surface area contributed by atoms with E-state index in [1.165, 1.54) is 0 Å². The van der Waals surface area contributed by atoms with Crippen LogP contribution in [-0.4, -0.2) is 16.6 Å². The number of aromatic nitrogens is 1. The van der Waals surface area contributed by atoms with Gasteiger partial charge in [0.1, 0.15) is 0 Å². The molecular formula is C7H8N4O. The van der Waals surface area contributed by atoms with Gasteiger partial charge in [0.15, 0.2) is 0 Å². The highest BCUT2D eigenvalue weighted by atomic mass is 16.3. The fourth-order valence-corrected chi connectivity index (χ4v) is 0.805. The van der Waals surface area contributed by atoms with Crippen molar-refractivity contribution in [1.29, 1.82) is 0 Å². The molecule has 12 heavy (non-hydrogen) atoms. The molecular weight excluding hydrogens is 156 g/mol. The second kappa shape index (κ2) is 4.33. The summed E-state index contributed by atoms with van der Waals surface area (Å²) in [6.07, 6.45) is 2.42. The Morgan fingerprint density at radius 1 is 1.58 bits per heavy atom. The van der Waals surface area contributed by atoms with Crippen molar-refractivity contribution >= 4 is 0 Å². The van der Waals surface area contributed by atoms with Crippen LogP contribution in [0.4, 0.5) is 0 Å². The molecule has 0 fully saturated rings. The maximum atomic E-state index is 9.36. The van der Waals surface area contributed by atoms with Crippen LogP contribution in [0.15, 0.2) is 29.6 Å². The molecule has 0 aromatic carbocycles. The predicted octanol–water partition coefficient (Wildman–Crippen LogP) is 1.43. The monoisotopic (exact) mass is 164 g/mol.